The van der Waals surface area contributed by atoms with Crippen LogP contribution in [0.25, 0.3) is 0 Å². The van der Waals surface area contributed by atoms with Gasteiger partial charge in [-0.2, -0.15) is 0 Å². The van der Waals surface area contributed by atoms with E-state index in [4.69, 9.17) is 23.2 Å². The third kappa shape index (κ3) is 5.06. The quantitative estimate of drug-likeness (QED) is 0.921. The first-order valence-electron chi connectivity index (χ1n) is 7.28. The van der Waals surface area contributed by atoms with E-state index in [0.29, 0.717) is 16.6 Å². The van der Waals surface area contributed by atoms with Crippen molar-refractivity contribution >= 4 is 29.2 Å². The van der Waals surface area contributed by atoms with E-state index in [0.717, 1.165) is 44.7 Å². The highest BCUT2D eigenvalue weighted by atomic mass is 35.5. The monoisotopic (exact) mass is 329 g/mol. The molecule has 21 heavy (non-hydrogen) atoms. The average Bonchev–Trinajstić information content (AvgIpc) is 2.46. The van der Waals surface area contributed by atoms with Crippen LogP contribution in [0.4, 0.5) is 4.79 Å². The predicted octanol–water partition coefficient (Wildman–Crippen LogP) is 2.88. The zero-order valence-electron chi connectivity index (χ0n) is 12.2. The van der Waals surface area contributed by atoms with Gasteiger partial charge in [-0.05, 0) is 36.7 Å². The maximum absolute atomic E-state index is 12.1. The van der Waals surface area contributed by atoms with Gasteiger partial charge in [0.2, 0.25) is 0 Å². The number of halogens is 2. The van der Waals surface area contributed by atoms with Crippen LogP contribution in [-0.4, -0.2) is 55.1 Å². The number of carbonyl (C=O) groups excluding carboxylic acids is 1. The second-order valence-electron chi connectivity index (χ2n) is 5.18. The van der Waals surface area contributed by atoms with E-state index in [1.165, 1.54) is 0 Å². The van der Waals surface area contributed by atoms with Gasteiger partial charge in [-0.3, -0.25) is 0 Å². The van der Waals surface area contributed by atoms with Crippen molar-refractivity contribution in [1.82, 2.24) is 15.1 Å². The molecule has 1 aromatic carbocycles. The largest absolute Gasteiger partial charge is 0.338 e. The minimum atomic E-state index is 0.0129. The Balaban J connectivity index is 1.74. The van der Waals surface area contributed by atoms with Crippen molar-refractivity contribution in [3.05, 3.63) is 33.8 Å². The second-order valence-corrected chi connectivity index (χ2v) is 6.05. The molecule has 0 aromatic heterocycles. The molecule has 1 aliphatic rings. The van der Waals surface area contributed by atoms with Crippen LogP contribution in [0.1, 0.15) is 12.5 Å². The summed E-state index contributed by atoms with van der Waals surface area (Å²) in [6.45, 7) is 7.27. The van der Waals surface area contributed by atoms with Gasteiger partial charge in [-0.25, -0.2) is 4.79 Å². The summed E-state index contributed by atoms with van der Waals surface area (Å²) < 4.78 is 0. The van der Waals surface area contributed by atoms with Gasteiger partial charge in [0.25, 0.3) is 0 Å². The predicted molar refractivity (Wildman–Crippen MR) is 87.3 cm³/mol. The molecule has 0 atom stereocenters. The first kappa shape index (κ1) is 16.4. The Bertz CT molecular complexity index is 468. The lowest BCUT2D eigenvalue weighted by molar-refractivity contribution is 0.143. The van der Waals surface area contributed by atoms with E-state index in [9.17, 15) is 4.79 Å². The number of hydrogen-bond acceptors (Lipinski definition) is 2. The number of carbonyl (C=O) groups is 1. The molecule has 1 aromatic rings. The van der Waals surface area contributed by atoms with Gasteiger partial charge in [0.05, 0.1) is 0 Å². The standard InChI is InChI=1S/C15H21Cl2N3O/c1-2-19-5-7-20(8-6-19)15(21)18-4-3-12-9-13(16)11-14(17)10-12/h9-11H,2-8H2,1H3,(H,18,21). The van der Waals surface area contributed by atoms with Crippen molar-refractivity contribution in [3.8, 4) is 0 Å². The fourth-order valence-electron chi connectivity index (χ4n) is 2.45. The average molecular weight is 330 g/mol. The number of hydrogen-bond donors (Lipinski definition) is 1. The minimum Gasteiger partial charge on any atom is -0.338 e. The first-order valence-corrected chi connectivity index (χ1v) is 8.04. The van der Waals surface area contributed by atoms with Crippen molar-refractivity contribution in [2.24, 2.45) is 0 Å². The van der Waals surface area contributed by atoms with Gasteiger partial charge in [-0.15, -0.1) is 0 Å². The molecule has 2 amide bonds. The van der Waals surface area contributed by atoms with Crippen LogP contribution in [0.3, 0.4) is 0 Å². The van der Waals surface area contributed by atoms with Crippen molar-refractivity contribution in [3.63, 3.8) is 0 Å². The van der Waals surface area contributed by atoms with Crippen LogP contribution >= 0.6 is 23.2 Å². The van der Waals surface area contributed by atoms with Crippen molar-refractivity contribution in [2.45, 2.75) is 13.3 Å². The maximum Gasteiger partial charge on any atom is 0.317 e. The molecule has 0 unspecified atom stereocenters. The zero-order valence-corrected chi connectivity index (χ0v) is 13.8. The summed E-state index contributed by atoms with van der Waals surface area (Å²) >= 11 is 11.9. The Kier molecular flexibility index (Phi) is 6.15. The van der Waals surface area contributed by atoms with Crippen LogP contribution in [0.5, 0.6) is 0 Å². The molecular weight excluding hydrogens is 309 g/mol. The highest BCUT2D eigenvalue weighted by molar-refractivity contribution is 6.34. The van der Waals surface area contributed by atoms with Crippen LogP contribution < -0.4 is 5.32 Å². The smallest absolute Gasteiger partial charge is 0.317 e. The minimum absolute atomic E-state index is 0.0129. The van der Waals surface area contributed by atoms with Gasteiger partial charge in [0, 0.05) is 42.8 Å². The molecule has 1 fully saturated rings. The molecule has 1 saturated heterocycles. The normalized spacial score (nSPS) is 16.0. The molecule has 2 rings (SSSR count). The lowest BCUT2D eigenvalue weighted by Gasteiger charge is -2.34. The lowest BCUT2D eigenvalue weighted by atomic mass is 10.1. The van der Waals surface area contributed by atoms with Crippen molar-refractivity contribution < 1.29 is 4.79 Å². The van der Waals surface area contributed by atoms with Gasteiger partial charge >= 0.3 is 6.03 Å². The summed E-state index contributed by atoms with van der Waals surface area (Å²) in [5.41, 5.74) is 1.03. The fraction of sp³-hybridized carbons (Fsp3) is 0.533. The van der Waals surface area contributed by atoms with Crippen molar-refractivity contribution in [2.75, 3.05) is 39.3 Å². The number of nitrogens with one attached hydrogen (secondary N) is 1. The van der Waals surface area contributed by atoms with E-state index < -0.39 is 0 Å². The Labute approximate surface area is 136 Å². The van der Waals surface area contributed by atoms with Crippen LogP contribution in [0, 0.1) is 0 Å². The molecule has 0 spiro atoms. The van der Waals surface area contributed by atoms with Gasteiger partial charge in [0.15, 0.2) is 0 Å². The van der Waals surface area contributed by atoms with Crippen molar-refractivity contribution in [1.29, 1.82) is 0 Å². The Morgan fingerprint density at radius 3 is 2.33 bits per heavy atom. The number of rotatable bonds is 4. The SMILES string of the molecule is CCN1CCN(C(=O)NCCc2cc(Cl)cc(Cl)c2)CC1. The number of urea groups is 1. The molecule has 0 bridgehead atoms. The zero-order chi connectivity index (χ0) is 15.2. The van der Waals surface area contributed by atoms with E-state index in [-0.39, 0.29) is 6.03 Å². The third-order valence-corrected chi connectivity index (χ3v) is 4.16. The number of piperazine rings is 1. The molecule has 4 nitrogen and oxygen atoms in total. The molecule has 1 heterocycles. The van der Waals surface area contributed by atoms with Crippen LogP contribution in [0.15, 0.2) is 18.2 Å². The molecule has 0 aliphatic carbocycles. The first-order chi connectivity index (χ1) is 10.1. The number of amides is 2. The van der Waals surface area contributed by atoms with E-state index in [1.54, 1.807) is 6.07 Å². The highest BCUT2D eigenvalue weighted by Crippen LogP contribution is 2.19. The third-order valence-electron chi connectivity index (χ3n) is 3.72. The number of nitrogens with zero attached hydrogens (tertiary/aromatic N) is 2. The molecule has 6 heteroatoms. The molecule has 1 aliphatic heterocycles. The summed E-state index contributed by atoms with van der Waals surface area (Å²) in [5, 5.41) is 4.20. The summed E-state index contributed by atoms with van der Waals surface area (Å²) in [7, 11) is 0. The Morgan fingerprint density at radius 2 is 1.76 bits per heavy atom. The lowest BCUT2D eigenvalue weighted by Crippen LogP contribution is -2.51. The van der Waals surface area contributed by atoms with Gasteiger partial charge in [0.1, 0.15) is 0 Å². The summed E-state index contributed by atoms with van der Waals surface area (Å²) in [4.78, 5) is 16.3. The van der Waals surface area contributed by atoms with Crippen LogP contribution in [-0.2, 0) is 6.42 Å². The van der Waals surface area contributed by atoms with E-state index in [2.05, 4.69) is 17.1 Å². The molecule has 0 radical (unpaired) electrons. The Morgan fingerprint density at radius 1 is 1.14 bits per heavy atom. The topological polar surface area (TPSA) is 35.6 Å². The number of likely N-dealkylation sites (N-methyl/N-ethyl adjacent to an activating group) is 1. The molecular formula is C15H21Cl2N3O. The molecule has 0 saturated carbocycles. The van der Waals surface area contributed by atoms with E-state index in [1.807, 2.05) is 17.0 Å². The summed E-state index contributed by atoms with van der Waals surface area (Å²) in [6.07, 6.45) is 0.723. The summed E-state index contributed by atoms with van der Waals surface area (Å²) in [6, 6.07) is 5.47. The van der Waals surface area contributed by atoms with Crippen LogP contribution in [0.2, 0.25) is 10.0 Å². The highest BCUT2D eigenvalue weighted by Gasteiger charge is 2.19. The summed E-state index contributed by atoms with van der Waals surface area (Å²) in [5.74, 6) is 0. The number of benzene rings is 1. The molecule has 116 valence electrons. The molecule has 1 N–H and O–H groups in total. The Hall–Kier alpha value is -0.970. The fourth-order valence-corrected chi connectivity index (χ4v) is 3.02. The second kappa shape index (κ2) is 7.87. The van der Waals surface area contributed by atoms with Gasteiger partial charge in [-0.1, -0.05) is 30.1 Å². The maximum atomic E-state index is 12.1. The van der Waals surface area contributed by atoms with Gasteiger partial charge < -0.3 is 15.1 Å². The van der Waals surface area contributed by atoms with E-state index >= 15 is 0 Å².